The predicted octanol–water partition coefficient (Wildman–Crippen LogP) is 2.06. The zero-order valence-corrected chi connectivity index (χ0v) is 11.6. The van der Waals surface area contributed by atoms with Crippen LogP contribution >= 0.6 is 15.9 Å². The molecule has 1 rings (SSSR count). The van der Waals surface area contributed by atoms with Crippen molar-refractivity contribution in [1.82, 2.24) is 10.3 Å². The third-order valence-electron chi connectivity index (χ3n) is 2.88. The maximum Gasteiger partial charge on any atom is 0.251 e. The first-order valence-electron chi connectivity index (χ1n) is 5.58. The minimum Gasteiger partial charge on any atom is -0.347 e. The molecule has 0 aliphatic heterocycles. The lowest BCUT2D eigenvalue weighted by Gasteiger charge is -2.29. The minimum absolute atomic E-state index is 0.207. The highest BCUT2D eigenvalue weighted by Gasteiger charge is 2.23. The molecule has 17 heavy (non-hydrogen) atoms. The number of carbonyl (C=O) groups is 1. The van der Waals surface area contributed by atoms with Crippen LogP contribution in [0.1, 0.15) is 37.0 Å². The molecular weight excluding hydrogens is 284 g/mol. The van der Waals surface area contributed by atoms with Gasteiger partial charge in [-0.2, -0.15) is 0 Å². The van der Waals surface area contributed by atoms with Crippen molar-refractivity contribution >= 4 is 21.8 Å². The second-order valence-electron chi connectivity index (χ2n) is 4.25. The summed E-state index contributed by atoms with van der Waals surface area (Å²) in [5.74, 6) is -0.207. The number of carbonyl (C=O) groups excluding carboxylic acids is 1. The van der Waals surface area contributed by atoms with E-state index in [1.165, 1.54) is 12.3 Å². The van der Waals surface area contributed by atoms with Gasteiger partial charge in [0.25, 0.3) is 5.91 Å². The summed E-state index contributed by atoms with van der Waals surface area (Å²) in [6, 6.07) is 2.90. The van der Waals surface area contributed by atoms with Gasteiger partial charge in [0.15, 0.2) is 0 Å². The van der Waals surface area contributed by atoms with Crippen LogP contribution in [0.2, 0.25) is 0 Å². The van der Waals surface area contributed by atoms with Crippen molar-refractivity contribution in [3.05, 3.63) is 34.2 Å². The first-order valence-corrected chi connectivity index (χ1v) is 6.70. The van der Waals surface area contributed by atoms with Gasteiger partial charge in [-0.3, -0.25) is 9.59 Å². The molecular formula is C12H17BrN2O2. The number of amides is 1. The Bertz CT molecular complexity index is 444. The molecule has 0 spiro atoms. The number of aromatic amines is 1. The molecule has 2 N–H and O–H groups in total. The highest BCUT2D eigenvalue weighted by atomic mass is 79.9. The standard InChI is InChI=1S/C12H17BrN2O2/c1-3-12(2,5-6-13)15-11(17)9-4-7-14-10(16)8-9/h4,7-8H,3,5-6H2,1-2H3,(H,14,16)(H,15,17). The van der Waals surface area contributed by atoms with E-state index >= 15 is 0 Å². The first kappa shape index (κ1) is 14.0. The van der Waals surface area contributed by atoms with Gasteiger partial charge in [-0.15, -0.1) is 0 Å². The van der Waals surface area contributed by atoms with Crippen molar-refractivity contribution in [1.29, 1.82) is 0 Å². The third-order valence-corrected chi connectivity index (χ3v) is 3.28. The Kier molecular flexibility index (Phi) is 4.93. The summed E-state index contributed by atoms with van der Waals surface area (Å²) in [4.78, 5) is 25.6. The fourth-order valence-electron chi connectivity index (χ4n) is 1.47. The lowest BCUT2D eigenvalue weighted by molar-refractivity contribution is 0.0901. The molecule has 0 aliphatic rings. The molecule has 1 aromatic rings. The SMILES string of the molecule is CCC(C)(CCBr)NC(=O)c1cc[nH]c(=O)c1. The van der Waals surface area contributed by atoms with Gasteiger partial charge in [-0.25, -0.2) is 0 Å². The number of alkyl halides is 1. The summed E-state index contributed by atoms with van der Waals surface area (Å²) < 4.78 is 0. The van der Waals surface area contributed by atoms with Gasteiger partial charge in [0.2, 0.25) is 5.56 Å². The van der Waals surface area contributed by atoms with Crippen LogP contribution in [0, 0.1) is 0 Å². The number of nitrogens with one attached hydrogen (secondary N) is 2. The van der Waals surface area contributed by atoms with Crippen LogP contribution in [0.15, 0.2) is 23.1 Å². The Morgan fingerprint density at radius 3 is 2.82 bits per heavy atom. The van der Waals surface area contributed by atoms with Crippen LogP contribution in [-0.4, -0.2) is 21.8 Å². The molecule has 4 nitrogen and oxygen atoms in total. The Balaban J connectivity index is 2.81. The van der Waals surface area contributed by atoms with E-state index in [4.69, 9.17) is 0 Å². The Hall–Kier alpha value is -1.10. The van der Waals surface area contributed by atoms with Gasteiger partial charge in [0.1, 0.15) is 0 Å². The molecule has 0 bridgehead atoms. The van der Waals surface area contributed by atoms with Gasteiger partial charge in [-0.05, 0) is 25.8 Å². The van der Waals surface area contributed by atoms with Gasteiger partial charge < -0.3 is 10.3 Å². The van der Waals surface area contributed by atoms with Crippen molar-refractivity contribution < 1.29 is 4.79 Å². The maximum atomic E-state index is 12.0. The van der Waals surface area contributed by atoms with Crippen molar-refractivity contribution in [2.75, 3.05) is 5.33 Å². The molecule has 0 radical (unpaired) electrons. The van der Waals surface area contributed by atoms with E-state index in [9.17, 15) is 9.59 Å². The molecule has 0 saturated heterocycles. The smallest absolute Gasteiger partial charge is 0.251 e. The number of hydrogen-bond donors (Lipinski definition) is 2. The zero-order chi connectivity index (χ0) is 12.9. The normalized spacial score (nSPS) is 14.1. The first-order chi connectivity index (χ1) is 8.00. The number of rotatable bonds is 5. The van der Waals surface area contributed by atoms with Crippen LogP contribution < -0.4 is 10.9 Å². The molecule has 94 valence electrons. The van der Waals surface area contributed by atoms with Crippen LogP contribution in [0.4, 0.5) is 0 Å². The summed E-state index contributed by atoms with van der Waals surface area (Å²) >= 11 is 3.38. The average molecular weight is 301 g/mol. The molecule has 1 atom stereocenters. The molecule has 1 aromatic heterocycles. The fraction of sp³-hybridized carbons (Fsp3) is 0.500. The number of pyridine rings is 1. The fourth-order valence-corrected chi connectivity index (χ4v) is 2.34. The second kappa shape index (κ2) is 6.00. The van der Waals surface area contributed by atoms with Gasteiger partial charge in [-0.1, -0.05) is 22.9 Å². The van der Waals surface area contributed by atoms with E-state index in [1.54, 1.807) is 6.07 Å². The Labute approximate surface area is 109 Å². The van der Waals surface area contributed by atoms with Crippen molar-refractivity contribution in [3.8, 4) is 0 Å². The van der Waals surface area contributed by atoms with E-state index in [0.29, 0.717) is 5.56 Å². The maximum absolute atomic E-state index is 12.0. The number of hydrogen-bond acceptors (Lipinski definition) is 2. The zero-order valence-electron chi connectivity index (χ0n) is 10.0. The third kappa shape index (κ3) is 4.00. The predicted molar refractivity (Wildman–Crippen MR) is 71.6 cm³/mol. The average Bonchev–Trinajstić information content (AvgIpc) is 2.29. The monoisotopic (exact) mass is 300 g/mol. The van der Waals surface area contributed by atoms with E-state index < -0.39 is 0 Å². The topological polar surface area (TPSA) is 62.0 Å². The summed E-state index contributed by atoms with van der Waals surface area (Å²) in [7, 11) is 0. The molecule has 0 aromatic carbocycles. The highest BCUT2D eigenvalue weighted by Crippen LogP contribution is 2.16. The number of halogens is 1. The Morgan fingerprint density at radius 1 is 1.59 bits per heavy atom. The van der Waals surface area contributed by atoms with E-state index in [2.05, 4.69) is 26.2 Å². The largest absolute Gasteiger partial charge is 0.347 e. The van der Waals surface area contributed by atoms with Crippen LogP contribution in [0.5, 0.6) is 0 Å². The molecule has 5 heteroatoms. The highest BCUT2D eigenvalue weighted by molar-refractivity contribution is 9.09. The minimum atomic E-state index is -0.267. The number of H-pyrrole nitrogens is 1. The van der Waals surface area contributed by atoms with Crippen LogP contribution in [0.3, 0.4) is 0 Å². The quantitative estimate of drug-likeness (QED) is 0.818. The van der Waals surface area contributed by atoms with Crippen LogP contribution in [0.25, 0.3) is 0 Å². The number of aromatic nitrogens is 1. The van der Waals surface area contributed by atoms with E-state index in [-0.39, 0.29) is 17.0 Å². The van der Waals surface area contributed by atoms with E-state index in [0.717, 1.165) is 18.2 Å². The van der Waals surface area contributed by atoms with Gasteiger partial charge in [0, 0.05) is 28.7 Å². The second-order valence-corrected chi connectivity index (χ2v) is 5.04. The van der Waals surface area contributed by atoms with Crippen molar-refractivity contribution in [2.24, 2.45) is 0 Å². The van der Waals surface area contributed by atoms with Gasteiger partial charge >= 0.3 is 0 Å². The molecule has 0 saturated carbocycles. The molecule has 0 fully saturated rings. The molecule has 1 heterocycles. The van der Waals surface area contributed by atoms with Crippen LogP contribution in [-0.2, 0) is 0 Å². The molecule has 1 amide bonds. The summed E-state index contributed by atoms with van der Waals surface area (Å²) in [6.07, 6.45) is 3.16. The van der Waals surface area contributed by atoms with E-state index in [1.807, 2.05) is 13.8 Å². The summed E-state index contributed by atoms with van der Waals surface area (Å²) in [6.45, 7) is 4.03. The Morgan fingerprint density at radius 2 is 2.29 bits per heavy atom. The molecule has 0 aliphatic carbocycles. The molecule has 1 unspecified atom stereocenters. The summed E-state index contributed by atoms with van der Waals surface area (Å²) in [5.41, 5.74) is -0.122. The van der Waals surface area contributed by atoms with Crippen molar-refractivity contribution in [3.63, 3.8) is 0 Å². The van der Waals surface area contributed by atoms with Crippen molar-refractivity contribution in [2.45, 2.75) is 32.2 Å². The lowest BCUT2D eigenvalue weighted by atomic mass is 9.95. The summed E-state index contributed by atoms with van der Waals surface area (Å²) in [5, 5.41) is 3.79. The van der Waals surface area contributed by atoms with Gasteiger partial charge in [0.05, 0.1) is 0 Å². The lowest BCUT2D eigenvalue weighted by Crippen LogP contribution is -2.46.